The quantitative estimate of drug-likeness (QED) is 0.247. The number of alkyl halides is 7. The second-order valence-corrected chi connectivity index (χ2v) is 7.85. The smallest absolute Gasteiger partial charge is 0.426 e. The Morgan fingerprint density at radius 1 is 0.967 bits per heavy atom. The van der Waals surface area contributed by atoms with E-state index in [1.807, 2.05) is 0 Å². The van der Waals surface area contributed by atoms with Crippen molar-refractivity contribution in [1.29, 1.82) is 0 Å². The van der Waals surface area contributed by atoms with Gasteiger partial charge in [0.05, 0.1) is 5.92 Å². The second kappa shape index (κ2) is 9.56. The monoisotopic (exact) mass is 442 g/mol. The molecule has 1 aromatic carbocycles. The molecule has 2 rings (SSSR count). The van der Waals surface area contributed by atoms with E-state index in [1.54, 1.807) is 0 Å². The van der Waals surface area contributed by atoms with Crippen LogP contribution in [0.5, 0.6) is 5.75 Å². The van der Waals surface area contributed by atoms with Gasteiger partial charge in [0.15, 0.2) is 0 Å². The molecule has 1 aliphatic carbocycles. The first-order valence-corrected chi connectivity index (χ1v) is 10.0. The Morgan fingerprint density at radius 3 is 2.03 bits per heavy atom. The number of esters is 1. The average Bonchev–Trinajstić information content (AvgIpc) is 2.67. The molecule has 170 valence electrons. The molecule has 1 aliphatic rings. The van der Waals surface area contributed by atoms with Gasteiger partial charge in [-0.2, -0.15) is 30.7 Å². The van der Waals surface area contributed by atoms with E-state index in [0.29, 0.717) is 5.92 Å². The van der Waals surface area contributed by atoms with Crippen molar-refractivity contribution in [3.63, 3.8) is 0 Å². The predicted octanol–water partition coefficient (Wildman–Crippen LogP) is 6.96. The maximum absolute atomic E-state index is 13.4. The molecule has 0 saturated heterocycles. The molecule has 0 bridgehead atoms. The highest BCUT2D eigenvalue weighted by Crippen LogP contribution is 2.48. The minimum atomic E-state index is -6.33. The Hall–Kier alpha value is -1.80. The van der Waals surface area contributed by atoms with Crippen LogP contribution in [0.3, 0.4) is 0 Å². The Labute approximate surface area is 170 Å². The summed E-state index contributed by atoms with van der Waals surface area (Å²) in [7, 11) is 0. The molecule has 2 nitrogen and oxygen atoms in total. The van der Waals surface area contributed by atoms with Crippen LogP contribution >= 0.6 is 0 Å². The molecule has 0 radical (unpaired) electrons. The van der Waals surface area contributed by atoms with E-state index >= 15 is 0 Å². The van der Waals surface area contributed by atoms with E-state index in [1.165, 1.54) is 24.3 Å². The Bertz CT molecular complexity index is 690. The lowest BCUT2D eigenvalue weighted by Gasteiger charge is -2.28. The molecule has 0 aliphatic heterocycles. The first-order chi connectivity index (χ1) is 13.9. The maximum Gasteiger partial charge on any atom is 0.459 e. The summed E-state index contributed by atoms with van der Waals surface area (Å²) in [4.78, 5) is 12.3. The van der Waals surface area contributed by atoms with E-state index in [9.17, 15) is 35.5 Å². The molecule has 0 unspecified atom stereocenters. The van der Waals surface area contributed by atoms with Crippen LogP contribution in [0.25, 0.3) is 0 Å². The molecule has 0 N–H and O–H groups in total. The van der Waals surface area contributed by atoms with Crippen LogP contribution in [0.2, 0.25) is 0 Å². The summed E-state index contributed by atoms with van der Waals surface area (Å²) in [5.41, 5.74) is 0.132. The molecule has 1 fully saturated rings. The van der Waals surface area contributed by atoms with E-state index in [0.717, 1.165) is 38.5 Å². The fraction of sp³-hybridized carbons (Fsp3) is 0.667. The minimum absolute atomic E-state index is 0.132. The third-order valence-electron chi connectivity index (χ3n) is 5.56. The fourth-order valence-corrected chi connectivity index (χ4v) is 3.68. The van der Waals surface area contributed by atoms with Gasteiger partial charge in [-0.1, -0.05) is 31.9 Å². The highest BCUT2D eigenvalue weighted by atomic mass is 19.4. The zero-order valence-electron chi connectivity index (χ0n) is 16.6. The van der Waals surface area contributed by atoms with Crippen LogP contribution in [0, 0.1) is 11.8 Å². The average molecular weight is 442 g/mol. The van der Waals surface area contributed by atoms with Gasteiger partial charge in [-0.25, -0.2) is 0 Å². The summed E-state index contributed by atoms with van der Waals surface area (Å²) in [5.74, 6) is -11.1. The van der Waals surface area contributed by atoms with Crippen molar-refractivity contribution in [3.05, 3.63) is 29.8 Å². The Balaban J connectivity index is 1.87. The largest absolute Gasteiger partial charge is 0.459 e. The molecule has 0 heterocycles. The third-order valence-corrected chi connectivity index (χ3v) is 5.56. The lowest BCUT2D eigenvalue weighted by molar-refractivity contribution is -0.355. The maximum atomic E-state index is 13.4. The van der Waals surface area contributed by atoms with Gasteiger partial charge in [0, 0.05) is 6.42 Å². The van der Waals surface area contributed by atoms with Crippen molar-refractivity contribution in [2.75, 3.05) is 0 Å². The number of halogens is 7. The van der Waals surface area contributed by atoms with E-state index in [2.05, 4.69) is 6.92 Å². The van der Waals surface area contributed by atoms with Gasteiger partial charge in [-0.15, -0.1) is 0 Å². The van der Waals surface area contributed by atoms with Gasteiger partial charge in [-0.05, 0) is 55.7 Å². The number of rotatable bonds is 8. The van der Waals surface area contributed by atoms with Gasteiger partial charge in [0.1, 0.15) is 5.75 Å². The lowest BCUT2D eigenvalue weighted by atomic mass is 9.80. The van der Waals surface area contributed by atoms with Crippen molar-refractivity contribution in [1.82, 2.24) is 0 Å². The van der Waals surface area contributed by atoms with Gasteiger partial charge >= 0.3 is 24.0 Å². The van der Waals surface area contributed by atoms with Crippen LogP contribution in [-0.4, -0.2) is 24.0 Å². The van der Waals surface area contributed by atoms with Gasteiger partial charge < -0.3 is 4.74 Å². The first kappa shape index (κ1) is 24.5. The van der Waals surface area contributed by atoms with Crippen molar-refractivity contribution >= 4 is 5.97 Å². The second-order valence-electron chi connectivity index (χ2n) is 7.85. The summed E-state index contributed by atoms with van der Waals surface area (Å²) >= 11 is 0. The van der Waals surface area contributed by atoms with Crippen LogP contribution in [0.15, 0.2) is 24.3 Å². The number of hydrogen-bond acceptors (Lipinski definition) is 2. The van der Waals surface area contributed by atoms with Crippen LogP contribution < -0.4 is 4.74 Å². The van der Waals surface area contributed by atoms with Crippen molar-refractivity contribution in [3.8, 4) is 5.75 Å². The number of aryl methyl sites for hydroxylation is 1. The fourth-order valence-electron chi connectivity index (χ4n) is 3.68. The molecule has 0 amide bonds. The van der Waals surface area contributed by atoms with E-state index in [-0.39, 0.29) is 23.2 Å². The number of benzene rings is 1. The van der Waals surface area contributed by atoms with Crippen molar-refractivity contribution in [2.24, 2.45) is 11.8 Å². The van der Waals surface area contributed by atoms with E-state index in [4.69, 9.17) is 4.74 Å². The number of carbonyl (C=O) groups is 1. The summed E-state index contributed by atoms with van der Waals surface area (Å²) in [6.45, 7) is 2.12. The molecular formula is C21H25F7O2. The third kappa shape index (κ3) is 5.88. The van der Waals surface area contributed by atoms with Crippen LogP contribution in [-0.2, 0) is 11.2 Å². The minimum Gasteiger partial charge on any atom is -0.426 e. The topological polar surface area (TPSA) is 26.3 Å². The molecule has 0 aromatic heterocycles. The molecule has 9 heteroatoms. The molecule has 0 atom stereocenters. The summed E-state index contributed by atoms with van der Waals surface area (Å²) in [6, 6.07) is 5.16. The van der Waals surface area contributed by atoms with Crippen LogP contribution in [0.1, 0.15) is 57.4 Å². The molecule has 30 heavy (non-hydrogen) atoms. The predicted molar refractivity (Wildman–Crippen MR) is 96.7 cm³/mol. The summed E-state index contributed by atoms with van der Waals surface area (Å²) < 4.78 is 94.4. The zero-order valence-corrected chi connectivity index (χ0v) is 16.6. The van der Waals surface area contributed by atoms with Crippen molar-refractivity contribution in [2.45, 2.75) is 76.3 Å². The molecular weight excluding hydrogens is 417 g/mol. The summed E-state index contributed by atoms with van der Waals surface area (Å²) in [6.07, 6.45) is -3.04. The lowest BCUT2D eigenvalue weighted by Crippen LogP contribution is -2.52. The zero-order chi connectivity index (χ0) is 22.6. The van der Waals surface area contributed by atoms with Crippen molar-refractivity contribution < 1.29 is 40.3 Å². The Kier molecular flexibility index (Phi) is 7.80. The van der Waals surface area contributed by atoms with Gasteiger partial charge in [0.2, 0.25) is 0 Å². The molecule has 1 saturated carbocycles. The molecule has 1 aromatic rings. The SMILES string of the molecule is CCC[C@H]1CC[C@H](C(=O)Oc2ccc(CCC(F)(F)C(F)(F)C(F)(F)F)cc2)CC1. The highest BCUT2D eigenvalue weighted by molar-refractivity contribution is 5.75. The van der Waals surface area contributed by atoms with E-state index < -0.39 is 30.9 Å². The highest BCUT2D eigenvalue weighted by Gasteiger charge is 2.72. The number of ether oxygens (including phenoxy) is 1. The summed E-state index contributed by atoms with van der Waals surface area (Å²) in [5, 5.41) is 0. The normalized spacial score (nSPS) is 20.8. The van der Waals surface area contributed by atoms with Gasteiger partial charge in [-0.3, -0.25) is 4.79 Å². The number of carbonyl (C=O) groups excluding carboxylic acids is 1. The van der Waals surface area contributed by atoms with Gasteiger partial charge in [0.25, 0.3) is 0 Å². The molecule has 0 spiro atoms. The number of hydrogen-bond donors (Lipinski definition) is 0. The van der Waals surface area contributed by atoms with Crippen LogP contribution in [0.4, 0.5) is 30.7 Å². The standard InChI is InChI=1S/C21H25F7O2/c1-2-3-14-4-8-16(9-5-14)18(29)30-17-10-6-15(7-11-17)12-13-19(22,23)20(24,25)21(26,27)28/h6-7,10-11,14,16H,2-5,8-9,12-13H2,1H3/t14-,16-. The Morgan fingerprint density at radius 2 is 1.53 bits per heavy atom. The first-order valence-electron chi connectivity index (χ1n) is 10.0.